The van der Waals surface area contributed by atoms with Gasteiger partial charge < -0.3 is 14.4 Å². The summed E-state index contributed by atoms with van der Waals surface area (Å²) in [4.78, 5) is 26.1. The van der Waals surface area contributed by atoms with Gasteiger partial charge in [0.25, 0.3) is 5.91 Å². The van der Waals surface area contributed by atoms with E-state index in [1.54, 1.807) is 11.0 Å². The second kappa shape index (κ2) is 7.13. The molecule has 0 spiro atoms. The van der Waals surface area contributed by atoms with Gasteiger partial charge in [-0.2, -0.15) is 0 Å². The van der Waals surface area contributed by atoms with Gasteiger partial charge in [0, 0.05) is 25.4 Å². The lowest BCUT2D eigenvalue weighted by atomic mass is 9.89. The third-order valence-electron chi connectivity index (χ3n) is 4.96. The summed E-state index contributed by atoms with van der Waals surface area (Å²) in [6, 6.07) is 11.3. The summed E-state index contributed by atoms with van der Waals surface area (Å²) in [6.07, 6.45) is 1.55. The van der Waals surface area contributed by atoms with Crippen molar-refractivity contribution < 1.29 is 19.1 Å². The molecule has 0 radical (unpaired) electrons. The number of benzene rings is 1. The van der Waals surface area contributed by atoms with E-state index in [4.69, 9.17) is 4.42 Å². The van der Waals surface area contributed by atoms with E-state index in [0.29, 0.717) is 12.3 Å². The molecule has 132 valence electrons. The second-order valence-electron chi connectivity index (χ2n) is 6.44. The van der Waals surface area contributed by atoms with Crippen LogP contribution < -0.4 is 0 Å². The lowest BCUT2D eigenvalue weighted by molar-refractivity contribution is -0.141. The number of rotatable bonds is 5. The van der Waals surface area contributed by atoms with Crippen LogP contribution in [0, 0.1) is 5.92 Å². The highest BCUT2D eigenvalue weighted by Gasteiger charge is 2.41. The van der Waals surface area contributed by atoms with Gasteiger partial charge in [0.05, 0.1) is 5.92 Å². The quantitative estimate of drug-likeness (QED) is 0.905. The van der Waals surface area contributed by atoms with Gasteiger partial charge in [-0.1, -0.05) is 44.2 Å². The molecule has 1 aromatic heterocycles. The van der Waals surface area contributed by atoms with E-state index in [0.717, 1.165) is 29.7 Å². The summed E-state index contributed by atoms with van der Waals surface area (Å²) >= 11 is 0. The standard InChI is InChI=1S/C20H23NO4/c1-3-13-10-18(25-17(13)4-2)19(22)21-11-15(16(12-21)20(23)24)14-8-6-5-7-9-14/h5-10,15-16H,3-4,11-12H2,1-2H3,(H,23,24)/t15-,16+/m0/s1. The Kier molecular flexibility index (Phi) is 4.93. The van der Waals surface area contributed by atoms with E-state index in [9.17, 15) is 14.7 Å². The molecule has 1 N–H and O–H groups in total. The number of carbonyl (C=O) groups is 2. The monoisotopic (exact) mass is 341 g/mol. The molecule has 2 atom stereocenters. The molecule has 0 bridgehead atoms. The first-order chi connectivity index (χ1) is 12.0. The number of nitrogens with zero attached hydrogens (tertiary/aromatic N) is 1. The number of amides is 1. The predicted molar refractivity (Wildman–Crippen MR) is 93.7 cm³/mol. The lowest BCUT2D eigenvalue weighted by Gasteiger charge is -2.15. The average molecular weight is 341 g/mol. The van der Waals surface area contributed by atoms with E-state index in [1.165, 1.54) is 0 Å². The Balaban J connectivity index is 1.85. The first-order valence-electron chi connectivity index (χ1n) is 8.73. The number of aliphatic carboxylic acids is 1. The van der Waals surface area contributed by atoms with Crippen molar-refractivity contribution >= 4 is 11.9 Å². The van der Waals surface area contributed by atoms with Crippen molar-refractivity contribution in [3.63, 3.8) is 0 Å². The Labute approximate surface area is 147 Å². The molecular weight excluding hydrogens is 318 g/mol. The van der Waals surface area contributed by atoms with Crippen LogP contribution in [0.25, 0.3) is 0 Å². The number of carbonyl (C=O) groups excluding carboxylic acids is 1. The molecule has 1 aliphatic heterocycles. The van der Waals surface area contributed by atoms with E-state index in [-0.39, 0.29) is 18.4 Å². The first kappa shape index (κ1) is 17.3. The number of carboxylic acid groups (broad SMARTS) is 1. The highest BCUT2D eigenvalue weighted by molar-refractivity contribution is 5.92. The van der Waals surface area contributed by atoms with Crippen LogP contribution >= 0.6 is 0 Å². The third-order valence-corrected chi connectivity index (χ3v) is 4.96. The largest absolute Gasteiger partial charge is 0.481 e. The first-order valence-corrected chi connectivity index (χ1v) is 8.73. The molecule has 0 unspecified atom stereocenters. The average Bonchev–Trinajstić information content (AvgIpc) is 3.26. The molecule has 1 fully saturated rings. The minimum absolute atomic E-state index is 0.200. The molecule has 0 aliphatic carbocycles. The van der Waals surface area contributed by atoms with Crippen LogP contribution in [0.4, 0.5) is 0 Å². The zero-order valence-corrected chi connectivity index (χ0v) is 14.6. The lowest BCUT2D eigenvalue weighted by Crippen LogP contribution is -2.29. The number of carboxylic acids is 1. The van der Waals surface area contributed by atoms with Crippen LogP contribution in [0.5, 0.6) is 0 Å². The Morgan fingerprint density at radius 3 is 2.44 bits per heavy atom. The highest BCUT2D eigenvalue weighted by Crippen LogP contribution is 2.34. The smallest absolute Gasteiger partial charge is 0.308 e. The van der Waals surface area contributed by atoms with Crippen LogP contribution in [0.1, 0.15) is 47.2 Å². The zero-order valence-electron chi connectivity index (χ0n) is 14.6. The van der Waals surface area contributed by atoms with Gasteiger partial charge in [-0.05, 0) is 23.6 Å². The highest BCUT2D eigenvalue weighted by atomic mass is 16.4. The van der Waals surface area contributed by atoms with Gasteiger partial charge in [-0.25, -0.2) is 0 Å². The van der Waals surface area contributed by atoms with Crippen molar-refractivity contribution in [3.05, 3.63) is 59.0 Å². The molecule has 1 amide bonds. The van der Waals surface area contributed by atoms with Crippen molar-refractivity contribution in [2.75, 3.05) is 13.1 Å². The van der Waals surface area contributed by atoms with E-state index >= 15 is 0 Å². The van der Waals surface area contributed by atoms with Gasteiger partial charge in [0.2, 0.25) is 0 Å². The van der Waals surface area contributed by atoms with E-state index < -0.39 is 11.9 Å². The van der Waals surface area contributed by atoms with Crippen molar-refractivity contribution in [1.82, 2.24) is 4.90 Å². The van der Waals surface area contributed by atoms with Gasteiger partial charge >= 0.3 is 5.97 Å². The molecule has 0 saturated carbocycles. The summed E-state index contributed by atoms with van der Waals surface area (Å²) in [7, 11) is 0. The number of likely N-dealkylation sites (tertiary alicyclic amines) is 1. The van der Waals surface area contributed by atoms with E-state index in [2.05, 4.69) is 0 Å². The molecule has 2 heterocycles. The summed E-state index contributed by atoms with van der Waals surface area (Å²) < 4.78 is 5.73. The van der Waals surface area contributed by atoms with Crippen molar-refractivity contribution in [3.8, 4) is 0 Å². The summed E-state index contributed by atoms with van der Waals surface area (Å²) in [5, 5.41) is 9.58. The van der Waals surface area contributed by atoms with Gasteiger partial charge in [-0.3, -0.25) is 9.59 Å². The van der Waals surface area contributed by atoms with Crippen molar-refractivity contribution in [1.29, 1.82) is 0 Å². The van der Waals surface area contributed by atoms with Crippen LogP contribution in [0.3, 0.4) is 0 Å². The molecular formula is C20H23NO4. The molecule has 5 nitrogen and oxygen atoms in total. The van der Waals surface area contributed by atoms with Crippen LogP contribution in [0.15, 0.2) is 40.8 Å². The zero-order chi connectivity index (χ0) is 18.0. The Morgan fingerprint density at radius 2 is 1.88 bits per heavy atom. The molecule has 25 heavy (non-hydrogen) atoms. The fourth-order valence-electron chi connectivity index (χ4n) is 3.58. The fourth-order valence-corrected chi connectivity index (χ4v) is 3.58. The topological polar surface area (TPSA) is 70.8 Å². The third kappa shape index (κ3) is 3.31. The maximum absolute atomic E-state index is 12.8. The Bertz CT molecular complexity index is 744. The SMILES string of the molecule is CCc1cc(C(=O)N2C[C@@H](C(=O)O)[C@H](c3ccccc3)C2)oc1CC. The van der Waals surface area contributed by atoms with Gasteiger partial charge in [0.1, 0.15) is 5.76 Å². The molecule has 1 saturated heterocycles. The van der Waals surface area contributed by atoms with Gasteiger partial charge in [0.15, 0.2) is 5.76 Å². The van der Waals surface area contributed by atoms with Crippen LogP contribution in [0.2, 0.25) is 0 Å². The molecule has 1 aliphatic rings. The Morgan fingerprint density at radius 1 is 1.16 bits per heavy atom. The van der Waals surface area contributed by atoms with Crippen LogP contribution in [-0.4, -0.2) is 35.0 Å². The van der Waals surface area contributed by atoms with Crippen molar-refractivity contribution in [2.45, 2.75) is 32.6 Å². The molecule has 5 heteroatoms. The maximum atomic E-state index is 12.8. The minimum atomic E-state index is -0.868. The summed E-state index contributed by atoms with van der Waals surface area (Å²) in [6.45, 7) is 4.62. The number of hydrogen-bond acceptors (Lipinski definition) is 3. The van der Waals surface area contributed by atoms with Crippen LogP contribution in [-0.2, 0) is 17.6 Å². The normalized spacial score (nSPS) is 20.0. The number of hydrogen-bond donors (Lipinski definition) is 1. The molecule has 2 aromatic rings. The maximum Gasteiger partial charge on any atom is 0.308 e. The number of aryl methyl sites for hydroxylation is 2. The minimum Gasteiger partial charge on any atom is -0.481 e. The Hall–Kier alpha value is -2.56. The van der Waals surface area contributed by atoms with E-state index in [1.807, 2.05) is 44.2 Å². The molecule has 3 rings (SSSR count). The predicted octanol–water partition coefficient (Wildman–Crippen LogP) is 3.34. The second-order valence-corrected chi connectivity index (χ2v) is 6.44. The van der Waals surface area contributed by atoms with Crippen molar-refractivity contribution in [2.24, 2.45) is 5.92 Å². The summed E-state index contributed by atoms with van der Waals surface area (Å²) in [5.74, 6) is -0.747. The summed E-state index contributed by atoms with van der Waals surface area (Å²) in [5.41, 5.74) is 1.99. The fraction of sp³-hybridized carbons (Fsp3) is 0.400. The number of furan rings is 1. The molecule has 1 aromatic carbocycles. The van der Waals surface area contributed by atoms with Gasteiger partial charge in [-0.15, -0.1) is 0 Å².